The summed E-state index contributed by atoms with van der Waals surface area (Å²) < 4.78 is 41.9. The Morgan fingerprint density at radius 1 is 1.40 bits per heavy atom. The number of carbonyl (C=O) groups excluding carboxylic acids is 1. The number of hydrogen-bond acceptors (Lipinski definition) is 5. The number of rotatable bonds is 2. The quantitative estimate of drug-likeness (QED) is 0.841. The molecule has 2 rings (SSSR count). The molecule has 20 heavy (non-hydrogen) atoms. The van der Waals surface area contributed by atoms with E-state index in [4.69, 9.17) is 0 Å². The Kier molecular flexibility index (Phi) is 3.75. The van der Waals surface area contributed by atoms with E-state index < -0.39 is 22.4 Å². The van der Waals surface area contributed by atoms with Crippen molar-refractivity contribution < 1.29 is 22.7 Å². The molecule has 0 unspecified atom stereocenters. The highest BCUT2D eigenvalue weighted by Gasteiger charge is 2.36. The van der Waals surface area contributed by atoms with Gasteiger partial charge in [-0.2, -0.15) is 13.2 Å². The van der Waals surface area contributed by atoms with Gasteiger partial charge < -0.3 is 9.72 Å². The molecule has 0 atom stereocenters. The lowest BCUT2D eigenvalue weighted by Crippen LogP contribution is -2.07. The van der Waals surface area contributed by atoms with E-state index >= 15 is 0 Å². The van der Waals surface area contributed by atoms with E-state index in [1.807, 2.05) is 0 Å². The van der Waals surface area contributed by atoms with Crippen LogP contribution in [0.2, 0.25) is 0 Å². The smallest absolute Gasteiger partial charge is 0.433 e. The predicted octanol–water partition coefficient (Wildman–Crippen LogP) is 2.43. The van der Waals surface area contributed by atoms with Crippen LogP contribution in [0.4, 0.5) is 13.2 Å². The minimum atomic E-state index is -4.59. The Morgan fingerprint density at radius 3 is 2.65 bits per heavy atom. The van der Waals surface area contributed by atoms with Crippen molar-refractivity contribution in [1.29, 1.82) is 0 Å². The summed E-state index contributed by atoms with van der Waals surface area (Å²) >= 11 is 2.70. The lowest BCUT2D eigenvalue weighted by molar-refractivity contribution is -0.141. The highest BCUT2D eigenvalue weighted by Crippen LogP contribution is 2.34. The fraction of sp³-hybridized carbons (Fsp3) is 0.200. The number of aromatic nitrogens is 4. The number of aromatic amines is 1. The minimum absolute atomic E-state index is 0.0846. The molecule has 0 amide bonds. The van der Waals surface area contributed by atoms with Crippen LogP contribution in [0.15, 0.2) is 16.9 Å². The largest absolute Gasteiger partial charge is 0.464 e. The number of imidazole rings is 1. The van der Waals surface area contributed by atoms with Crippen molar-refractivity contribution >= 4 is 21.9 Å². The van der Waals surface area contributed by atoms with Gasteiger partial charge in [0.25, 0.3) is 0 Å². The Morgan fingerprint density at radius 2 is 2.10 bits per heavy atom. The fourth-order valence-corrected chi connectivity index (χ4v) is 1.84. The Labute approximate surface area is 118 Å². The number of carbonyl (C=O) groups is 1. The summed E-state index contributed by atoms with van der Waals surface area (Å²) in [6.45, 7) is 0. The normalized spacial score (nSPS) is 11.4. The Hall–Kier alpha value is -1.97. The van der Waals surface area contributed by atoms with Crippen LogP contribution in [0.5, 0.6) is 0 Å². The Balaban J connectivity index is 2.45. The average Bonchev–Trinajstić information content (AvgIpc) is 2.80. The first-order valence-corrected chi connectivity index (χ1v) is 5.86. The average molecular weight is 351 g/mol. The maximum Gasteiger partial charge on any atom is 0.433 e. The van der Waals surface area contributed by atoms with Crippen molar-refractivity contribution in [2.75, 3.05) is 7.11 Å². The number of hydrogen-bond donors (Lipinski definition) is 1. The fourth-order valence-electron chi connectivity index (χ4n) is 1.34. The first-order valence-electron chi connectivity index (χ1n) is 5.07. The second-order valence-electron chi connectivity index (χ2n) is 3.51. The maximum atomic E-state index is 12.6. The number of methoxy groups -OCH3 is 1. The summed E-state index contributed by atoms with van der Waals surface area (Å²) in [4.78, 5) is 24.5. The molecule has 0 spiro atoms. The number of H-pyrrole nitrogens is 1. The molecule has 0 aromatic carbocycles. The zero-order valence-electron chi connectivity index (χ0n) is 9.82. The minimum Gasteiger partial charge on any atom is -0.464 e. The first-order chi connectivity index (χ1) is 9.32. The molecule has 0 aliphatic carbocycles. The molecule has 2 aromatic rings. The molecule has 2 heterocycles. The van der Waals surface area contributed by atoms with Crippen LogP contribution in [-0.2, 0) is 10.9 Å². The van der Waals surface area contributed by atoms with Crippen LogP contribution in [0.25, 0.3) is 11.6 Å². The molecule has 6 nitrogen and oxygen atoms in total. The highest BCUT2D eigenvalue weighted by atomic mass is 79.9. The van der Waals surface area contributed by atoms with Crippen LogP contribution in [0.1, 0.15) is 16.2 Å². The highest BCUT2D eigenvalue weighted by molar-refractivity contribution is 9.10. The van der Waals surface area contributed by atoms with Gasteiger partial charge >= 0.3 is 12.1 Å². The summed E-state index contributed by atoms with van der Waals surface area (Å²) in [6.07, 6.45) is -3.37. The van der Waals surface area contributed by atoms with Crippen molar-refractivity contribution in [3.8, 4) is 11.6 Å². The molecular weight excluding hydrogens is 345 g/mol. The molecule has 0 radical (unpaired) electrons. The number of halogens is 4. The summed E-state index contributed by atoms with van der Waals surface area (Å²) in [5.41, 5.74) is -1.14. The molecule has 0 saturated carbocycles. The van der Waals surface area contributed by atoms with Gasteiger partial charge in [-0.3, -0.25) is 0 Å². The van der Waals surface area contributed by atoms with Gasteiger partial charge in [-0.1, -0.05) is 0 Å². The second kappa shape index (κ2) is 5.19. The number of nitrogens with zero attached hydrogens (tertiary/aromatic N) is 3. The van der Waals surface area contributed by atoms with E-state index in [-0.39, 0.29) is 17.3 Å². The van der Waals surface area contributed by atoms with E-state index in [0.29, 0.717) is 0 Å². The SMILES string of the molecule is COC(=O)c1ccnc(-c2nc(Br)c(C(F)(F)F)[nH]2)n1. The van der Waals surface area contributed by atoms with E-state index in [1.54, 1.807) is 0 Å². The molecule has 0 aliphatic heterocycles. The van der Waals surface area contributed by atoms with Gasteiger partial charge in [0.05, 0.1) is 7.11 Å². The summed E-state index contributed by atoms with van der Waals surface area (Å²) in [7, 11) is 1.16. The van der Waals surface area contributed by atoms with Crippen molar-refractivity contribution in [1.82, 2.24) is 19.9 Å². The molecule has 0 bridgehead atoms. The van der Waals surface area contributed by atoms with Crippen molar-refractivity contribution in [3.63, 3.8) is 0 Å². The van der Waals surface area contributed by atoms with Gasteiger partial charge in [-0.15, -0.1) is 0 Å². The van der Waals surface area contributed by atoms with Gasteiger partial charge in [0.1, 0.15) is 4.60 Å². The third-order valence-corrected chi connectivity index (χ3v) is 2.78. The first kappa shape index (κ1) is 14.4. The second-order valence-corrected chi connectivity index (χ2v) is 4.26. The van der Waals surface area contributed by atoms with E-state index in [9.17, 15) is 18.0 Å². The molecule has 106 valence electrons. The van der Waals surface area contributed by atoms with Gasteiger partial charge in [-0.05, 0) is 22.0 Å². The van der Waals surface area contributed by atoms with Crippen LogP contribution >= 0.6 is 15.9 Å². The standard InChI is InChI=1S/C10H6BrF3N4O2/c1-20-9(19)4-2-3-15-7(16-4)8-17-5(6(11)18-8)10(12,13)14/h2-3H,1H3,(H,17,18). The monoisotopic (exact) mass is 350 g/mol. The lowest BCUT2D eigenvalue weighted by atomic mass is 10.4. The number of ether oxygens (including phenoxy) is 1. The zero-order valence-corrected chi connectivity index (χ0v) is 11.4. The maximum absolute atomic E-state index is 12.6. The van der Waals surface area contributed by atoms with Gasteiger partial charge in [0.2, 0.25) is 0 Å². The predicted molar refractivity (Wildman–Crippen MR) is 63.7 cm³/mol. The van der Waals surface area contributed by atoms with Crippen molar-refractivity contribution in [2.45, 2.75) is 6.18 Å². The number of esters is 1. The van der Waals surface area contributed by atoms with E-state index in [2.05, 4.69) is 40.6 Å². The summed E-state index contributed by atoms with van der Waals surface area (Å²) in [5.74, 6) is -1.09. The van der Waals surface area contributed by atoms with E-state index in [0.717, 1.165) is 7.11 Å². The van der Waals surface area contributed by atoms with E-state index in [1.165, 1.54) is 12.3 Å². The van der Waals surface area contributed by atoms with Crippen LogP contribution < -0.4 is 0 Å². The van der Waals surface area contributed by atoms with Crippen molar-refractivity contribution in [3.05, 3.63) is 28.3 Å². The summed E-state index contributed by atoms with van der Waals surface area (Å²) in [6, 6.07) is 1.28. The van der Waals surface area contributed by atoms with Crippen LogP contribution in [0.3, 0.4) is 0 Å². The van der Waals surface area contributed by atoms with Crippen LogP contribution in [-0.4, -0.2) is 33.0 Å². The molecular formula is C10H6BrF3N4O2. The topological polar surface area (TPSA) is 80.8 Å². The van der Waals surface area contributed by atoms with Gasteiger partial charge in [-0.25, -0.2) is 19.7 Å². The molecule has 0 saturated heterocycles. The third kappa shape index (κ3) is 2.79. The summed E-state index contributed by atoms with van der Waals surface area (Å²) in [5, 5.41) is 0. The van der Waals surface area contributed by atoms with Gasteiger partial charge in [0, 0.05) is 6.20 Å². The molecule has 2 aromatic heterocycles. The molecule has 1 N–H and O–H groups in total. The number of alkyl halides is 3. The Bertz CT molecular complexity index is 656. The lowest BCUT2D eigenvalue weighted by Gasteiger charge is -2.02. The number of nitrogens with one attached hydrogen (secondary N) is 1. The van der Waals surface area contributed by atoms with Gasteiger partial charge in [0.15, 0.2) is 23.0 Å². The van der Waals surface area contributed by atoms with Crippen LogP contribution in [0, 0.1) is 0 Å². The van der Waals surface area contributed by atoms with Crippen molar-refractivity contribution in [2.24, 2.45) is 0 Å². The zero-order chi connectivity index (χ0) is 14.9. The molecule has 0 fully saturated rings. The third-order valence-electron chi connectivity index (χ3n) is 2.21. The molecule has 0 aliphatic rings. The molecule has 10 heteroatoms.